The molecule has 2 heterocycles. The quantitative estimate of drug-likeness (QED) is 0.525. The summed E-state index contributed by atoms with van der Waals surface area (Å²) in [4.78, 5) is 33.4. The van der Waals surface area contributed by atoms with Crippen molar-refractivity contribution in [3.8, 4) is 0 Å². The summed E-state index contributed by atoms with van der Waals surface area (Å²) in [5, 5.41) is 8.86. The molecule has 2 aliphatic rings. The van der Waals surface area contributed by atoms with E-state index in [9.17, 15) is 9.59 Å². The van der Waals surface area contributed by atoms with E-state index in [-0.39, 0.29) is 24.5 Å². The molecular formula is C23H29ClN4O2S. The lowest BCUT2D eigenvalue weighted by Crippen LogP contribution is -2.52. The number of aryl methyl sites for hydroxylation is 1. The molecule has 31 heavy (non-hydrogen) atoms. The zero-order valence-corrected chi connectivity index (χ0v) is 19.3. The SMILES string of the molecule is Cc1ncc(Cl)cc1NCN(C(=O)c1cccs1)C(CC1CCCC1)C(=O)NC1CC1. The fourth-order valence-electron chi connectivity index (χ4n) is 4.18. The molecule has 0 radical (unpaired) electrons. The highest BCUT2D eigenvalue weighted by Gasteiger charge is 2.36. The van der Waals surface area contributed by atoms with Crippen LogP contribution < -0.4 is 10.6 Å². The predicted molar refractivity (Wildman–Crippen MR) is 124 cm³/mol. The van der Waals surface area contributed by atoms with Crippen molar-refractivity contribution in [3.05, 3.63) is 45.4 Å². The Morgan fingerprint density at radius 3 is 2.74 bits per heavy atom. The first-order valence-corrected chi connectivity index (χ1v) is 12.3. The molecule has 0 saturated heterocycles. The minimum atomic E-state index is -0.502. The maximum absolute atomic E-state index is 13.5. The van der Waals surface area contributed by atoms with Gasteiger partial charge in [-0.05, 0) is 49.6 Å². The van der Waals surface area contributed by atoms with Gasteiger partial charge in [-0.15, -0.1) is 11.3 Å². The highest BCUT2D eigenvalue weighted by Crippen LogP contribution is 2.31. The van der Waals surface area contributed by atoms with Crippen LogP contribution in [0.25, 0.3) is 0 Å². The van der Waals surface area contributed by atoms with Crippen molar-refractivity contribution < 1.29 is 9.59 Å². The second-order valence-electron chi connectivity index (χ2n) is 8.56. The molecule has 1 unspecified atom stereocenters. The van der Waals surface area contributed by atoms with E-state index in [0.29, 0.717) is 22.2 Å². The normalized spacial score (nSPS) is 17.4. The Morgan fingerprint density at radius 1 is 1.29 bits per heavy atom. The van der Waals surface area contributed by atoms with Crippen LogP contribution in [0.3, 0.4) is 0 Å². The number of aromatic nitrogens is 1. The van der Waals surface area contributed by atoms with E-state index in [4.69, 9.17) is 11.6 Å². The molecular weight excluding hydrogens is 432 g/mol. The summed E-state index contributed by atoms with van der Waals surface area (Å²) in [5.41, 5.74) is 1.56. The number of carbonyl (C=O) groups excluding carboxylic acids is 2. The number of rotatable bonds is 9. The summed E-state index contributed by atoms with van der Waals surface area (Å²) in [5.74, 6) is 0.314. The number of nitrogens with one attached hydrogen (secondary N) is 2. The average molecular weight is 461 g/mol. The fourth-order valence-corrected chi connectivity index (χ4v) is 5.02. The highest BCUT2D eigenvalue weighted by atomic mass is 35.5. The number of thiophene rings is 1. The molecule has 0 spiro atoms. The van der Waals surface area contributed by atoms with Crippen molar-refractivity contribution >= 4 is 40.4 Å². The van der Waals surface area contributed by atoms with Crippen LogP contribution in [0.5, 0.6) is 0 Å². The monoisotopic (exact) mass is 460 g/mol. The molecule has 0 bridgehead atoms. The smallest absolute Gasteiger partial charge is 0.266 e. The highest BCUT2D eigenvalue weighted by molar-refractivity contribution is 7.12. The first kappa shape index (κ1) is 22.1. The number of carbonyl (C=O) groups is 2. The predicted octanol–water partition coefficient (Wildman–Crippen LogP) is 4.84. The standard InChI is InChI=1S/C23H29ClN4O2S/c1-15-19(12-17(24)13-25-15)26-14-28(23(30)21-7-4-10-31-21)20(11-16-5-2-3-6-16)22(29)27-18-8-9-18/h4,7,10,12-13,16,18,20,26H,2-3,5-6,8-9,11,14H2,1H3,(H,27,29). The lowest BCUT2D eigenvalue weighted by Gasteiger charge is -2.33. The lowest BCUT2D eigenvalue weighted by molar-refractivity contribution is -0.126. The van der Waals surface area contributed by atoms with Crippen LogP contribution in [-0.4, -0.2) is 40.5 Å². The molecule has 6 nitrogen and oxygen atoms in total. The molecule has 2 N–H and O–H groups in total. The lowest BCUT2D eigenvalue weighted by atomic mass is 9.96. The minimum Gasteiger partial charge on any atom is -0.366 e. The molecule has 1 atom stereocenters. The maximum Gasteiger partial charge on any atom is 0.266 e. The van der Waals surface area contributed by atoms with Crippen molar-refractivity contribution in [1.82, 2.24) is 15.2 Å². The Bertz CT molecular complexity index is 910. The van der Waals surface area contributed by atoms with E-state index >= 15 is 0 Å². The van der Waals surface area contributed by atoms with Gasteiger partial charge in [0.2, 0.25) is 5.91 Å². The first-order chi connectivity index (χ1) is 15.0. The molecule has 8 heteroatoms. The Balaban J connectivity index is 1.59. The second kappa shape index (κ2) is 10.0. The summed E-state index contributed by atoms with van der Waals surface area (Å²) < 4.78 is 0. The van der Waals surface area contributed by atoms with E-state index in [1.165, 1.54) is 24.2 Å². The Morgan fingerprint density at radius 2 is 2.06 bits per heavy atom. The van der Waals surface area contributed by atoms with E-state index < -0.39 is 6.04 Å². The summed E-state index contributed by atoms with van der Waals surface area (Å²) in [7, 11) is 0. The van der Waals surface area contributed by atoms with Crippen molar-refractivity contribution in [1.29, 1.82) is 0 Å². The molecule has 2 aromatic heterocycles. The van der Waals surface area contributed by atoms with Crippen LogP contribution in [0.2, 0.25) is 5.02 Å². The third kappa shape index (κ3) is 5.77. The summed E-state index contributed by atoms with van der Waals surface area (Å²) in [6.07, 6.45) is 8.99. The second-order valence-corrected chi connectivity index (χ2v) is 9.94. The number of hydrogen-bond acceptors (Lipinski definition) is 5. The number of anilines is 1. The number of halogens is 1. The van der Waals surface area contributed by atoms with Gasteiger partial charge in [0, 0.05) is 12.2 Å². The maximum atomic E-state index is 13.5. The van der Waals surface area contributed by atoms with Gasteiger partial charge >= 0.3 is 0 Å². The zero-order valence-electron chi connectivity index (χ0n) is 17.8. The van der Waals surface area contributed by atoms with Crippen molar-refractivity contribution in [2.45, 2.75) is 64.0 Å². The van der Waals surface area contributed by atoms with Crippen LogP contribution in [0.1, 0.15) is 60.3 Å². The number of hydrogen-bond donors (Lipinski definition) is 2. The third-order valence-corrected chi connectivity index (χ3v) is 7.18. The molecule has 0 aliphatic heterocycles. The third-order valence-electron chi connectivity index (χ3n) is 6.12. The van der Waals surface area contributed by atoms with Gasteiger partial charge in [0.25, 0.3) is 5.91 Å². The largest absolute Gasteiger partial charge is 0.366 e. The number of nitrogens with zero attached hydrogens (tertiary/aromatic N) is 2. The summed E-state index contributed by atoms with van der Waals surface area (Å²) >= 11 is 7.52. The van der Waals surface area contributed by atoms with Gasteiger partial charge in [-0.25, -0.2) is 0 Å². The Kier molecular flexibility index (Phi) is 7.13. The van der Waals surface area contributed by atoms with E-state index in [1.54, 1.807) is 17.2 Å². The van der Waals surface area contributed by atoms with Gasteiger partial charge in [-0.2, -0.15) is 0 Å². The molecule has 2 aliphatic carbocycles. The van der Waals surface area contributed by atoms with Gasteiger partial charge in [-0.1, -0.05) is 43.4 Å². The molecule has 2 saturated carbocycles. The Hall–Kier alpha value is -2.12. The van der Waals surface area contributed by atoms with Crippen LogP contribution in [0, 0.1) is 12.8 Å². The van der Waals surface area contributed by atoms with Crippen molar-refractivity contribution in [2.75, 3.05) is 12.0 Å². The molecule has 166 valence electrons. The van der Waals surface area contributed by atoms with Gasteiger partial charge < -0.3 is 15.5 Å². The molecule has 2 fully saturated rings. The molecule has 0 aromatic carbocycles. The van der Waals surface area contributed by atoms with E-state index in [2.05, 4.69) is 15.6 Å². The van der Waals surface area contributed by atoms with Crippen LogP contribution >= 0.6 is 22.9 Å². The number of pyridine rings is 1. The topological polar surface area (TPSA) is 74.3 Å². The van der Waals surface area contributed by atoms with Crippen molar-refractivity contribution in [3.63, 3.8) is 0 Å². The first-order valence-electron chi connectivity index (χ1n) is 11.0. The van der Waals surface area contributed by atoms with Gasteiger partial charge in [0.15, 0.2) is 0 Å². The van der Waals surface area contributed by atoms with E-state index in [0.717, 1.165) is 37.1 Å². The van der Waals surface area contributed by atoms with E-state index in [1.807, 2.05) is 24.4 Å². The number of amides is 2. The van der Waals surface area contributed by atoms with Crippen molar-refractivity contribution in [2.24, 2.45) is 5.92 Å². The average Bonchev–Trinajstić information content (AvgIpc) is 3.21. The van der Waals surface area contributed by atoms with Crippen LogP contribution in [0.15, 0.2) is 29.8 Å². The summed E-state index contributed by atoms with van der Waals surface area (Å²) in [6, 6.07) is 5.24. The summed E-state index contributed by atoms with van der Waals surface area (Å²) in [6.45, 7) is 2.11. The van der Waals surface area contributed by atoms with Gasteiger partial charge in [0.1, 0.15) is 6.04 Å². The van der Waals surface area contributed by atoms with Crippen LogP contribution in [-0.2, 0) is 4.79 Å². The molecule has 2 amide bonds. The van der Waals surface area contributed by atoms with Gasteiger partial charge in [-0.3, -0.25) is 14.6 Å². The Labute approximate surface area is 192 Å². The fraction of sp³-hybridized carbons (Fsp3) is 0.522. The molecule has 4 rings (SSSR count). The van der Waals surface area contributed by atoms with Gasteiger partial charge in [0.05, 0.1) is 27.9 Å². The minimum absolute atomic E-state index is 0.0398. The van der Waals surface area contributed by atoms with Crippen LogP contribution in [0.4, 0.5) is 5.69 Å². The zero-order chi connectivity index (χ0) is 21.8. The molecule has 2 aromatic rings.